The Hall–Kier alpha value is -1.61. The van der Waals surface area contributed by atoms with E-state index < -0.39 is 6.10 Å². The number of nitrogens with two attached hydrogens (primary N) is 2. The van der Waals surface area contributed by atoms with E-state index in [1.165, 1.54) is 11.8 Å². The zero-order chi connectivity index (χ0) is 18.0. The van der Waals surface area contributed by atoms with Gasteiger partial charge in [-0.05, 0) is 12.5 Å². The third-order valence-electron chi connectivity index (χ3n) is 4.65. The highest BCUT2D eigenvalue weighted by Crippen LogP contribution is 2.35. The van der Waals surface area contributed by atoms with Gasteiger partial charge in [0.05, 0.1) is 23.5 Å². The SMILES string of the molecule is C[C@@]1(CN)CCN(c2cnc(Sc3ccnc(N)c3Cl)cn2)C[C@@H]1O. The second-order valence-corrected chi connectivity index (χ2v) is 7.83. The first kappa shape index (κ1) is 18.2. The van der Waals surface area contributed by atoms with Gasteiger partial charge in [-0.25, -0.2) is 15.0 Å². The van der Waals surface area contributed by atoms with Crippen LogP contribution in [0.15, 0.2) is 34.6 Å². The van der Waals surface area contributed by atoms with Gasteiger partial charge in [0.25, 0.3) is 0 Å². The van der Waals surface area contributed by atoms with E-state index in [0.717, 1.165) is 23.7 Å². The van der Waals surface area contributed by atoms with Crippen LogP contribution in [0.25, 0.3) is 0 Å². The van der Waals surface area contributed by atoms with Crippen LogP contribution in [0.2, 0.25) is 5.02 Å². The summed E-state index contributed by atoms with van der Waals surface area (Å²) < 4.78 is 0. The van der Waals surface area contributed by atoms with Crippen molar-refractivity contribution < 1.29 is 5.11 Å². The van der Waals surface area contributed by atoms with Gasteiger partial charge in [0.2, 0.25) is 0 Å². The first-order chi connectivity index (χ1) is 11.9. The van der Waals surface area contributed by atoms with Crippen LogP contribution in [0.4, 0.5) is 11.6 Å². The Kier molecular flexibility index (Phi) is 5.33. The molecule has 2 aromatic rings. The summed E-state index contributed by atoms with van der Waals surface area (Å²) in [6.07, 6.45) is 5.33. The summed E-state index contributed by atoms with van der Waals surface area (Å²) in [5.41, 5.74) is 11.3. The van der Waals surface area contributed by atoms with Crippen LogP contribution in [0, 0.1) is 5.41 Å². The number of hydrogen-bond acceptors (Lipinski definition) is 8. The average molecular weight is 381 g/mol. The van der Waals surface area contributed by atoms with Crippen molar-refractivity contribution in [3.8, 4) is 0 Å². The lowest BCUT2D eigenvalue weighted by atomic mass is 9.78. The number of β-amino-alcohol motifs (C(OH)–C–C–N with tert-alkyl or cyclic N) is 1. The van der Waals surface area contributed by atoms with Crippen LogP contribution in [0.3, 0.4) is 0 Å². The highest BCUT2D eigenvalue weighted by molar-refractivity contribution is 7.99. The molecule has 25 heavy (non-hydrogen) atoms. The molecule has 3 heterocycles. The quantitative estimate of drug-likeness (QED) is 0.735. The summed E-state index contributed by atoms with van der Waals surface area (Å²) in [5, 5.41) is 11.5. The Labute approximate surface area is 155 Å². The van der Waals surface area contributed by atoms with Gasteiger partial charge >= 0.3 is 0 Å². The van der Waals surface area contributed by atoms with E-state index in [2.05, 4.69) is 15.0 Å². The van der Waals surface area contributed by atoms with Crippen LogP contribution in [0.5, 0.6) is 0 Å². The number of piperidine rings is 1. The molecule has 7 nitrogen and oxygen atoms in total. The maximum atomic E-state index is 10.4. The number of aromatic nitrogens is 3. The molecule has 9 heteroatoms. The zero-order valence-electron chi connectivity index (χ0n) is 13.9. The van der Waals surface area contributed by atoms with E-state index in [4.69, 9.17) is 23.1 Å². The minimum absolute atomic E-state index is 0.238. The Morgan fingerprint density at radius 1 is 1.40 bits per heavy atom. The number of nitrogens with zero attached hydrogens (tertiary/aromatic N) is 4. The molecule has 0 bridgehead atoms. The molecular formula is C16H21ClN6OS. The number of aliphatic hydroxyl groups excluding tert-OH is 1. The Balaban J connectivity index is 1.70. The molecule has 3 rings (SSSR count). The fraction of sp³-hybridized carbons (Fsp3) is 0.438. The minimum Gasteiger partial charge on any atom is -0.391 e. The predicted molar refractivity (Wildman–Crippen MR) is 99.8 cm³/mol. The van der Waals surface area contributed by atoms with Crippen molar-refractivity contribution in [3.05, 3.63) is 29.7 Å². The number of aliphatic hydroxyl groups is 1. The lowest BCUT2D eigenvalue weighted by Gasteiger charge is -2.43. The lowest BCUT2D eigenvalue weighted by molar-refractivity contribution is 0.0278. The zero-order valence-corrected chi connectivity index (χ0v) is 15.5. The highest BCUT2D eigenvalue weighted by atomic mass is 35.5. The van der Waals surface area contributed by atoms with Gasteiger partial charge in [-0.15, -0.1) is 0 Å². The second kappa shape index (κ2) is 7.33. The Bertz CT molecular complexity index is 746. The molecule has 0 aliphatic carbocycles. The molecule has 0 unspecified atom stereocenters. The van der Waals surface area contributed by atoms with Crippen molar-refractivity contribution in [3.63, 3.8) is 0 Å². The molecule has 0 spiro atoms. The Morgan fingerprint density at radius 2 is 2.20 bits per heavy atom. The monoisotopic (exact) mass is 380 g/mol. The summed E-state index contributed by atoms with van der Waals surface area (Å²) in [6.45, 7) is 3.78. The molecule has 2 atom stereocenters. The molecule has 2 aromatic heterocycles. The Morgan fingerprint density at radius 3 is 2.84 bits per heavy atom. The van der Waals surface area contributed by atoms with Crippen molar-refractivity contribution in [2.24, 2.45) is 11.1 Å². The van der Waals surface area contributed by atoms with Gasteiger partial charge in [0.15, 0.2) is 0 Å². The smallest absolute Gasteiger partial charge is 0.147 e. The number of nitrogen functional groups attached to an aromatic ring is 1. The predicted octanol–water partition coefficient (Wildman–Crippen LogP) is 1.79. The van der Waals surface area contributed by atoms with Crippen LogP contribution >= 0.6 is 23.4 Å². The van der Waals surface area contributed by atoms with E-state index >= 15 is 0 Å². The van der Waals surface area contributed by atoms with E-state index in [0.29, 0.717) is 29.0 Å². The molecule has 0 amide bonds. The van der Waals surface area contributed by atoms with Crippen molar-refractivity contribution >= 4 is 35.0 Å². The summed E-state index contributed by atoms with van der Waals surface area (Å²) in [4.78, 5) is 15.7. The lowest BCUT2D eigenvalue weighted by Crippen LogP contribution is -2.53. The molecule has 134 valence electrons. The van der Waals surface area contributed by atoms with Crippen LogP contribution in [-0.2, 0) is 0 Å². The van der Waals surface area contributed by atoms with Crippen molar-refractivity contribution in [2.45, 2.75) is 29.4 Å². The van der Waals surface area contributed by atoms with Crippen LogP contribution in [-0.4, -0.2) is 45.8 Å². The number of hydrogen-bond donors (Lipinski definition) is 3. The third kappa shape index (κ3) is 3.82. The minimum atomic E-state index is -0.485. The third-order valence-corrected chi connectivity index (χ3v) is 6.14. The molecule has 5 N–H and O–H groups in total. The molecule has 1 saturated heterocycles. The number of anilines is 2. The largest absolute Gasteiger partial charge is 0.391 e. The standard InChI is InChI=1S/C16H21ClN6OS/c1-16(9-18)3-5-23(8-11(16)24)12-6-22-13(7-21-12)25-10-2-4-20-15(19)14(10)17/h2,4,6-7,11,24H,3,5,8-9,18H2,1H3,(H2,19,20)/t11-,16-/m0/s1. The first-order valence-corrected chi connectivity index (χ1v) is 9.15. The van der Waals surface area contributed by atoms with Gasteiger partial charge in [-0.1, -0.05) is 30.3 Å². The molecule has 1 fully saturated rings. The highest BCUT2D eigenvalue weighted by Gasteiger charge is 2.37. The van der Waals surface area contributed by atoms with Crippen molar-refractivity contribution in [1.82, 2.24) is 15.0 Å². The van der Waals surface area contributed by atoms with Crippen LogP contribution in [0.1, 0.15) is 13.3 Å². The molecule has 1 aliphatic rings. The van der Waals surface area contributed by atoms with E-state index in [1.807, 2.05) is 11.8 Å². The van der Waals surface area contributed by atoms with Gasteiger partial charge in [0.1, 0.15) is 16.7 Å². The summed E-state index contributed by atoms with van der Waals surface area (Å²) >= 11 is 7.53. The van der Waals surface area contributed by atoms with Gasteiger partial charge in [-0.2, -0.15) is 0 Å². The summed E-state index contributed by atoms with van der Waals surface area (Å²) in [6, 6.07) is 1.79. The average Bonchev–Trinajstić information content (AvgIpc) is 2.62. The molecule has 0 saturated carbocycles. The van der Waals surface area contributed by atoms with E-state index in [1.54, 1.807) is 24.7 Å². The maximum absolute atomic E-state index is 10.4. The molecule has 0 aromatic carbocycles. The second-order valence-electron chi connectivity index (χ2n) is 6.39. The van der Waals surface area contributed by atoms with Crippen molar-refractivity contribution in [2.75, 3.05) is 30.3 Å². The van der Waals surface area contributed by atoms with Gasteiger partial charge in [-0.3, -0.25) is 0 Å². The number of rotatable bonds is 4. The summed E-state index contributed by atoms with van der Waals surface area (Å²) in [7, 11) is 0. The van der Waals surface area contributed by atoms with E-state index in [-0.39, 0.29) is 5.41 Å². The molecule has 1 aliphatic heterocycles. The van der Waals surface area contributed by atoms with Crippen molar-refractivity contribution in [1.29, 1.82) is 0 Å². The topological polar surface area (TPSA) is 114 Å². The summed E-state index contributed by atoms with van der Waals surface area (Å²) in [5.74, 6) is 1.03. The normalized spacial score (nSPS) is 23.7. The number of halogens is 1. The maximum Gasteiger partial charge on any atom is 0.147 e. The van der Waals surface area contributed by atoms with Gasteiger partial charge in [0, 0.05) is 36.1 Å². The molecule has 0 radical (unpaired) electrons. The van der Waals surface area contributed by atoms with Crippen LogP contribution < -0.4 is 16.4 Å². The first-order valence-electron chi connectivity index (χ1n) is 7.96. The number of pyridine rings is 1. The fourth-order valence-electron chi connectivity index (χ4n) is 2.68. The molecular weight excluding hydrogens is 360 g/mol. The van der Waals surface area contributed by atoms with Gasteiger partial charge < -0.3 is 21.5 Å². The fourth-order valence-corrected chi connectivity index (χ4v) is 3.67. The van der Waals surface area contributed by atoms with E-state index in [9.17, 15) is 5.11 Å².